The molecule has 3 atom stereocenters. The fourth-order valence-electron chi connectivity index (χ4n) is 2.17. The van der Waals surface area contributed by atoms with Crippen LogP contribution in [0.25, 0.3) is 0 Å². The Hall–Kier alpha value is -0.950. The van der Waals surface area contributed by atoms with E-state index in [0.29, 0.717) is 13.1 Å². The van der Waals surface area contributed by atoms with E-state index in [0.717, 1.165) is 6.42 Å². The van der Waals surface area contributed by atoms with Gasteiger partial charge in [-0.05, 0) is 12.8 Å². The molecule has 0 spiro atoms. The van der Waals surface area contributed by atoms with Gasteiger partial charge in [0.15, 0.2) is 0 Å². The summed E-state index contributed by atoms with van der Waals surface area (Å²) in [6.07, 6.45) is 3.83. The molecule has 0 saturated heterocycles. The van der Waals surface area contributed by atoms with Crippen LogP contribution in [-0.4, -0.2) is 66.8 Å². The fourth-order valence-corrected chi connectivity index (χ4v) is 2.17. The Balaban J connectivity index is 2.62. The van der Waals surface area contributed by atoms with Crippen molar-refractivity contribution in [1.82, 2.24) is 4.90 Å². The van der Waals surface area contributed by atoms with Gasteiger partial charge in [-0.1, -0.05) is 12.2 Å². The zero-order valence-electron chi connectivity index (χ0n) is 11.5. The number of carboxylic acids is 1. The number of aliphatic hydroxyl groups excluding tert-OH is 1. The van der Waals surface area contributed by atoms with Gasteiger partial charge in [0.05, 0.1) is 6.10 Å². The third-order valence-electron chi connectivity index (χ3n) is 3.30. The molecule has 2 N–H and O–H groups in total. The normalized spacial score (nSPS) is 26.7. The van der Waals surface area contributed by atoms with Crippen LogP contribution in [0.4, 0.5) is 0 Å². The Morgan fingerprint density at radius 2 is 2.21 bits per heavy atom. The maximum Gasteiger partial charge on any atom is 0.303 e. The molecular weight excluding hydrogens is 250 g/mol. The molecule has 19 heavy (non-hydrogen) atoms. The van der Waals surface area contributed by atoms with E-state index < -0.39 is 12.2 Å². The largest absolute Gasteiger partial charge is 0.481 e. The Morgan fingerprint density at radius 1 is 1.47 bits per heavy atom. The molecule has 1 aliphatic heterocycles. The van der Waals surface area contributed by atoms with Crippen molar-refractivity contribution in [2.45, 2.75) is 37.7 Å². The molecule has 0 aromatic heterocycles. The van der Waals surface area contributed by atoms with Gasteiger partial charge < -0.3 is 19.7 Å². The lowest BCUT2D eigenvalue weighted by Crippen LogP contribution is -2.46. The fraction of sp³-hybridized carbons (Fsp3) is 0.769. The van der Waals surface area contributed by atoms with Crippen LogP contribution >= 0.6 is 0 Å². The van der Waals surface area contributed by atoms with Gasteiger partial charge in [-0.15, -0.1) is 0 Å². The van der Waals surface area contributed by atoms with Gasteiger partial charge in [0.25, 0.3) is 0 Å². The Kier molecular flexibility index (Phi) is 7.01. The Bertz CT molecular complexity index is 307. The number of aliphatic carboxylic acids is 1. The summed E-state index contributed by atoms with van der Waals surface area (Å²) >= 11 is 0. The number of hydrogen-bond acceptors (Lipinski definition) is 5. The molecule has 0 saturated carbocycles. The number of nitrogens with zero attached hydrogens (tertiary/aromatic N) is 1. The highest BCUT2D eigenvalue weighted by atomic mass is 16.5. The summed E-state index contributed by atoms with van der Waals surface area (Å²) in [5, 5.41) is 18.7. The van der Waals surface area contributed by atoms with Crippen LogP contribution in [0.2, 0.25) is 0 Å². The van der Waals surface area contributed by atoms with Gasteiger partial charge in [0, 0.05) is 33.7 Å². The van der Waals surface area contributed by atoms with Crippen molar-refractivity contribution < 1.29 is 24.5 Å². The Morgan fingerprint density at radius 3 is 2.79 bits per heavy atom. The predicted octanol–water partition coefficient (Wildman–Crippen LogP) is 0.462. The van der Waals surface area contributed by atoms with Crippen molar-refractivity contribution in [3.05, 3.63) is 12.2 Å². The van der Waals surface area contributed by atoms with E-state index >= 15 is 0 Å². The molecule has 0 bridgehead atoms. The molecule has 6 heteroatoms. The highest BCUT2D eigenvalue weighted by molar-refractivity contribution is 5.66. The number of ether oxygens (including phenoxy) is 2. The topological polar surface area (TPSA) is 79.2 Å². The lowest BCUT2D eigenvalue weighted by atomic mass is 10.1. The second kappa shape index (κ2) is 8.27. The van der Waals surface area contributed by atoms with E-state index in [-0.39, 0.29) is 25.0 Å². The molecule has 0 aromatic rings. The number of aliphatic hydroxyl groups is 1. The van der Waals surface area contributed by atoms with E-state index in [4.69, 9.17) is 14.6 Å². The average molecular weight is 273 g/mol. The van der Waals surface area contributed by atoms with Gasteiger partial charge in [-0.2, -0.15) is 0 Å². The van der Waals surface area contributed by atoms with Gasteiger partial charge in [0.1, 0.15) is 12.3 Å². The van der Waals surface area contributed by atoms with Crippen LogP contribution in [0.15, 0.2) is 12.2 Å². The minimum absolute atomic E-state index is 0.0428. The predicted molar refractivity (Wildman–Crippen MR) is 69.8 cm³/mol. The Labute approximate surface area is 113 Å². The highest BCUT2D eigenvalue weighted by Gasteiger charge is 2.26. The standard InChI is InChI=1S/C13H23NO5/c1-18-10-5-3-4-8-14(9-11(10)19-2)12(15)6-7-13(16)17/h3,5,10-12,15H,4,6-9H2,1-2H3,(H,16,17)/t10-,11-,12?/m0/s1. The lowest BCUT2D eigenvalue weighted by molar-refractivity contribution is -0.138. The maximum absolute atomic E-state index is 10.5. The van der Waals surface area contributed by atoms with E-state index in [2.05, 4.69) is 0 Å². The minimum atomic E-state index is -0.899. The number of methoxy groups -OCH3 is 2. The summed E-state index contributed by atoms with van der Waals surface area (Å²) in [6.45, 7) is 1.19. The first kappa shape index (κ1) is 16.1. The number of hydrogen-bond donors (Lipinski definition) is 2. The summed E-state index contributed by atoms with van der Waals surface area (Å²) in [5.41, 5.74) is 0. The quantitative estimate of drug-likeness (QED) is 0.685. The van der Waals surface area contributed by atoms with Crippen molar-refractivity contribution in [2.24, 2.45) is 0 Å². The maximum atomic E-state index is 10.5. The van der Waals surface area contributed by atoms with Crippen LogP contribution in [0.3, 0.4) is 0 Å². The van der Waals surface area contributed by atoms with Crippen LogP contribution in [0, 0.1) is 0 Å². The third-order valence-corrected chi connectivity index (χ3v) is 3.30. The van der Waals surface area contributed by atoms with E-state index in [1.165, 1.54) is 0 Å². The molecule has 1 unspecified atom stereocenters. The van der Waals surface area contributed by atoms with Crippen LogP contribution in [-0.2, 0) is 14.3 Å². The first-order valence-electron chi connectivity index (χ1n) is 6.44. The summed E-state index contributed by atoms with van der Waals surface area (Å²) in [4.78, 5) is 12.4. The van der Waals surface area contributed by atoms with Crippen molar-refractivity contribution in [2.75, 3.05) is 27.3 Å². The molecule has 0 radical (unpaired) electrons. The minimum Gasteiger partial charge on any atom is -0.481 e. The molecule has 0 fully saturated rings. The number of carboxylic acid groups (broad SMARTS) is 1. The second-order valence-corrected chi connectivity index (χ2v) is 4.60. The molecular formula is C13H23NO5. The van der Waals surface area contributed by atoms with Crippen LogP contribution in [0.5, 0.6) is 0 Å². The number of carbonyl (C=O) groups is 1. The van der Waals surface area contributed by atoms with Crippen molar-refractivity contribution in [3.63, 3.8) is 0 Å². The summed E-state index contributed by atoms with van der Waals surface area (Å²) in [6, 6.07) is 0. The van der Waals surface area contributed by atoms with Crippen LogP contribution < -0.4 is 0 Å². The first-order chi connectivity index (χ1) is 9.08. The van der Waals surface area contributed by atoms with Crippen molar-refractivity contribution in [3.8, 4) is 0 Å². The molecule has 0 aliphatic carbocycles. The number of rotatable bonds is 6. The average Bonchev–Trinajstić information content (AvgIpc) is 2.36. The van der Waals surface area contributed by atoms with E-state index in [9.17, 15) is 9.90 Å². The van der Waals surface area contributed by atoms with Gasteiger partial charge in [-0.25, -0.2) is 0 Å². The summed E-state index contributed by atoms with van der Waals surface area (Å²) in [7, 11) is 3.22. The molecule has 0 aromatic carbocycles. The van der Waals surface area contributed by atoms with Gasteiger partial charge in [-0.3, -0.25) is 9.69 Å². The zero-order chi connectivity index (χ0) is 14.3. The third kappa shape index (κ3) is 5.28. The van der Waals surface area contributed by atoms with Gasteiger partial charge >= 0.3 is 5.97 Å². The lowest BCUT2D eigenvalue weighted by Gasteiger charge is -2.34. The first-order valence-corrected chi connectivity index (χ1v) is 6.44. The smallest absolute Gasteiger partial charge is 0.303 e. The molecule has 1 aliphatic rings. The molecule has 0 amide bonds. The van der Waals surface area contributed by atoms with E-state index in [1.54, 1.807) is 14.2 Å². The molecule has 6 nitrogen and oxygen atoms in total. The van der Waals surface area contributed by atoms with Crippen LogP contribution in [0.1, 0.15) is 19.3 Å². The zero-order valence-corrected chi connectivity index (χ0v) is 11.5. The summed E-state index contributed by atoms with van der Waals surface area (Å²) < 4.78 is 10.7. The van der Waals surface area contributed by atoms with Gasteiger partial charge in [0.2, 0.25) is 0 Å². The molecule has 110 valence electrons. The van der Waals surface area contributed by atoms with Crippen molar-refractivity contribution >= 4 is 5.97 Å². The van der Waals surface area contributed by atoms with E-state index in [1.807, 2.05) is 17.1 Å². The van der Waals surface area contributed by atoms with Crippen molar-refractivity contribution in [1.29, 1.82) is 0 Å². The second-order valence-electron chi connectivity index (χ2n) is 4.60. The summed E-state index contributed by atoms with van der Waals surface area (Å²) in [5.74, 6) is -0.899. The highest BCUT2D eigenvalue weighted by Crippen LogP contribution is 2.15. The molecule has 1 rings (SSSR count). The SMILES string of the molecule is CO[C@H]1C=CCCN(C(O)CCC(=O)O)C[C@@H]1OC. The molecule has 1 heterocycles. The monoisotopic (exact) mass is 273 g/mol.